The quantitative estimate of drug-likeness (QED) is 0.727. The highest BCUT2D eigenvalue weighted by Crippen LogP contribution is 2.19. The summed E-state index contributed by atoms with van der Waals surface area (Å²) in [5, 5.41) is 0. The van der Waals surface area contributed by atoms with Crippen LogP contribution in [0.1, 0.15) is 23.2 Å². The third-order valence-corrected chi connectivity index (χ3v) is 3.36. The van der Waals surface area contributed by atoms with Crippen LogP contribution in [0.5, 0.6) is 5.75 Å². The van der Waals surface area contributed by atoms with Crippen LogP contribution in [0.15, 0.2) is 24.3 Å². The molecular weight excluding hydrogens is 240 g/mol. The summed E-state index contributed by atoms with van der Waals surface area (Å²) in [7, 11) is -1.50. The van der Waals surface area contributed by atoms with Crippen LogP contribution in [-0.2, 0) is 9.84 Å². The molecule has 1 rings (SSSR count). The number of ketones is 1. The van der Waals surface area contributed by atoms with Gasteiger partial charge in [-0.2, -0.15) is 0 Å². The second-order valence-corrected chi connectivity index (χ2v) is 6.12. The molecule has 0 bridgehead atoms. The molecule has 0 unspecified atom stereocenters. The van der Waals surface area contributed by atoms with Crippen LogP contribution < -0.4 is 4.74 Å². The smallest absolute Gasteiger partial charge is 0.166 e. The number of benzene rings is 1. The fourth-order valence-corrected chi connectivity index (χ4v) is 2.17. The molecule has 0 aliphatic heterocycles. The topological polar surface area (TPSA) is 60.4 Å². The summed E-state index contributed by atoms with van der Waals surface area (Å²) in [5.74, 6) is 0.469. The highest BCUT2D eigenvalue weighted by molar-refractivity contribution is 7.90. The van der Waals surface area contributed by atoms with Crippen molar-refractivity contribution in [1.29, 1.82) is 0 Å². The number of hydrogen-bond acceptors (Lipinski definition) is 4. The average molecular weight is 256 g/mol. The Labute approximate surface area is 102 Å². The molecule has 0 fully saturated rings. The summed E-state index contributed by atoms with van der Waals surface area (Å²) >= 11 is 0. The first-order chi connectivity index (χ1) is 7.94. The Hall–Kier alpha value is -1.36. The zero-order valence-corrected chi connectivity index (χ0v) is 10.8. The van der Waals surface area contributed by atoms with Crippen LogP contribution in [0.4, 0.5) is 0 Å². The van der Waals surface area contributed by atoms with Crippen LogP contribution in [-0.4, -0.2) is 33.3 Å². The second-order valence-electron chi connectivity index (χ2n) is 3.86. The molecule has 5 heteroatoms. The Balaban J connectivity index is 2.64. The lowest BCUT2D eigenvalue weighted by molar-refractivity contribution is 0.0979. The van der Waals surface area contributed by atoms with Gasteiger partial charge in [0.1, 0.15) is 15.6 Å². The zero-order chi connectivity index (χ0) is 12.9. The Morgan fingerprint density at radius 2 is 1.94 bits per heavy atom. The number of sulfone groups is 1. The van der Waals surface area contributed by atoms with E-state index in [2.05, 4.69) is 0 Å². The highest BCUT2D eigenvalue weighted by atomic mass is 32.2. The molecule has 94 valence electrons. The van der Waals surface area contributed by atoms with Crippen LogP contribution in [0.3, 0.4) is 0 Å². The number of carbonyl (C=O) groups excluding carboxylic acids is 1. The lowest BCUT2D eigenvalue weighted by Gasteiger charge is -2.06. The van der Waals surface area contributed by atoms with Gasteiger partial charge in [0.2, 0.25) is 0 Å². The molecule has 1 aromatic rings. The van der Waals surface area contributed by atoms with Crippen LogP contribution >= 0.6 is 0 Å². The van der Waals surface area contributed by atoms with E-state index in [-0.39, 0.29) is 18.0 Å². The lowest BCUT2D eigenvalue weighted by Crippen LogP contribution is -2.07. The van der Waals surface area contributed by atoms with Crippen molar-refractivity contribution in [2.75, 3.05) is 19.1 Å². The van der Waals surface area contributed by atoms with E-state index < -0.39 is 9.84 Å². The van der Waals surface area contributed by atoms with Gasteiger partial charge in [-0.25, -0.2) is 8.42 Å². The summed E-state index contributed by atoms with van der Waals surface area (Å²) < 4.78 is 26.9. The molecule has 4 nitrogen and oxygen atoms in total. The molecule has 0 atom stereocenters. The van der Waals surface area contributed by atoms with Gasteiger partial charge in [-0.3, -0.25) is 4.79 Å². The Kier molecular flexibility index (Phi) is 4.69. The molecule has 0 saturated carbocycles. The van der Waals surface area contributed by atoms with E-state index in [9.17, 15) is 13.2 Å². The van der Waals surface area contributed by atoms with Crippen molar-refractivity contribution in [3.05, 3.63) is 29.8 Å². The number of ether oxygens (including phenoxy) is 1. The largest absolute Gasteiger partial charge is 0.496 e. The Morgan fingerprint density at radius 1 is 1.29 bits per heavy atom. The normalized spacial score (nSPS) is 11.2. The summed E-state index contributed by atoms with van der Waals surface area (Å²) in [4.78, 5) is 11.8. The first-order valence-corrected chi connectivity index (χ1v) is 7.34. The molecule has 0 aliphatic rings. The van der Waals surface area contributed by atoms with E-state index in [4.69, 9.17) is 4.74 Å². The van der Waals surface area contributed by atoms with E-state index >= 15 is 0 Å². The Bertz CT molecular complexity index is 491. The van der Waals surface area contributed by atoms with Crippen molar-refractivity contribution in [1.82, 2.24) is 0 Å². The van der Waals surface area contributed by atoms with Crippen molar-refractivity contribution >= 4 is 15.6 Å². The third kappa shape index (κ3) is 4.56. The van der Waals surface area contributed by atoms with Gasteiger partial charge in [0.05, 0.1) is 18.4 Å². The monoisotopic (exact) mass is 256 g/mol. The van der Waals surface area contributed by atoms with E-state index in [1.54, 1.807) is 24.3 Å². The van der Waals surface area contributed by atoms with Crippen molar-refractivity contribution in [2.24, 2.45) is 0 Å². The predicted octanol–water partition coefficient (Wildman–Crippen LogP) is 1.70. The second kappa shape index (κ2) is 5.82. The fourth-order valence-electron chi connectivity index (χ4n) is 1.50. The molecule has 0 N–H and O–H groups in total. The van der Waals surface area contributed by atoms with E-state index in [0.717, 1.165) is 0 Å². The highest BCUT2D eigenvalue weighted by Gasteiger charge is 2.12. The molecule has 0 spiro atoms. The van der Waals surface area contributed by atoms with Crippen molar-refractivity contribution in [3.8, 4) is 5.75 Å². The minimum Gasteiger partial charge on any atom is -0.496 e. The SMILES string of the molecule is COc1ccccc1C(=O)CCCS(C)(=O)=O. The first-order valence-electron chi connectivity index (χ1n) is 5.28. The summed E-state index contributed by atoms with van der Waals surface area (Å²) in [6, 6.07) is 6.93. The number of methoxy groups -OCH3 is 1. The maximum Gasteiger partial charge on any atom is 0.166 e. The van der Waals surface area contributed by atoms with Gasteiger partial charge in [-0.1, -0.05) is 12.1 Å². The van der Waals surface area contributed by atoms with Crippen molar-refractivity contribution in [2.45, 2.75) is 12.8 Å². The van der Waals surface area contributed by atoms with Crippen molar-refractivity contribution in [3.63, 3.8) is 0 Å². The standard InChI is InChI=1S/C12H16O4S/c1-16-12-8-4-3-6-10(12)11(13)7-5-9-17(2,14)15/h3-4,6,8H,5,7,9H2,1-2H3. The van der Waals surface area contributed by atoms with Crippen LogP contribution in [0.2, 0.25) is 0 Å². The summed E-state index contributed by atoms with van der Waals surface area (Å²) in [6.07, 6.45) is 1.73. The molecule has 0 amide bonds. The minimum absolute atomic E-state index is 0.0356. The van der Waals surface area contributed by atoms with Gasteiger partial charge < -0.3 is 4.74 Å². The molecule has 0 aromatic heterocycles. The van der Waals surface area contributed by atoms with Crippen LogP contribution in [0, 0.1) is 0 Å². The van der Waals surface area contributed by atoms with Gasteiger partial charge in [-0.05, 0) is 18.6 Å². The van der Waals surface area contributed by atoms with Crippen molar-refractivity contribution < 1.29 is 17.9 Å². The van der Waals surface area contributed by atoms with Gasteiger partial charge in [0.15, 0.2) is 5.78 Å². The lowest BCUT2D eigenvalue weighted by atomic mass is 10.1. The number of carbonyl (C=O) groups is 1. The number of para-hydroxylation sites is 1. The molecule has 17 heavy (non-hydrogen) atoms. The molecule has 1 aromatic carbocycles. The predicted molar refractivity (Wildman–Crippen MR) is 66.3 cm³/mol. The van der Waals surface area contributed by atoms with E-state index in [0.29, 0.717) is 17.7 Å². The molecule has 0 heterocycles. The minimum atomic E-state index is -3.00. The number of hydrogen-bond donors (Lipinski definition) is 0. The van der Waals surface area contributed by atoms with Gasteiger partial charge in [0.25, 0.3) is 0 Å². The van der Waals surface area contributed by atoms with E-state index in [1.807, 2.05) is 0 Å². The number of rotatable bonds is 6. The molecule has 0 aliphatic carbocycles. The molecule has 0 saturated heterocycles. The summed E-state index contributed by atoms with van der Waals surface area (Å²) in [6.45, 7) is 0. The first kappa shape index (κ1) is 13.7. The molecule has 0 radical (unpaired) electrons. The van der Waals surface area contributed by atoms with Gasteiger partial charge in [0, 0.05) is 12.7 Å². The fraction of sp³-hybridized carbons (Fsp3) is 0.417. The zero-order valence-electron chi connectivity index (χ0n) is 9.97. The summed E-state index contributed by atoms with van der Waals surface area (Å²) in [5.41, 5.74) is 0.503. The molecular formula is C12H16O4S. The third-order valence-electron chi connectivity index (χ3n) is 2.33. The van der Waals surface area contributed by atoms with Crippen LogP contribution in [0.25, 0.3) is 0 Å². The Morgan fingerprint density at radius 3 is 2.53 bits per heavy atom. The maximum atomic E-state index is 11.8. The van der Waals surface area contributed by atoms with Gasteiger partial charge in [-0.15, -0.1) is 0 Å². The average Bonchev–Trinajstić information content (AvgIpc) is 2.27. The van der Waals surface area contributed by atoms with Gasteiger partial charge >= 0.3 is 0 Å². The maximum absolute atomic E-state index is 11.8. The van der Waals surface area contributed by atoms with E-state index in [1.165, 1.54) is 13.4 Å². The number of Topliss-reactive ketones (excluding diaryl/α,β-unsaturated/α-hetero) is 1.